The average Bonchev–Trinajstić information content (AvgIpc) is 3.19. The van der Waals surface area contributed by atoms with Crippen LogP contribution in [0.15, 0.2) is 45.9 Å². The van der Waals surface area contributed by atoms with Gasteiger partial charge in [-0.1, -0.05) is 18.2 Å². The van der Waals surface area contributed by atoms with E-state index in [0.717, 1.165) is 53.6 Å². The third-order valence-electron chi connectivity index (χ3n) is 3.66. The number of thiazole rings is 1. The molecule has 2 aromatic heterocycles. The molecule has 0 radical (unpaired) electrons. The highest BCUT2D eigenvalue weighted by Crippen LogP contribution is 2.18. The molecule has 0 bridgehead atoms. The lowest BCUT2D eigenvalue weighted by molar-refractivity contribution is 0.544. The predicted molar refractivity (Wildman–Crippen MR) is 99.8 cm³/mol. The molecule has 0 atom stereocenters. The first-order valence-corrected chi connectivity index (χ1v) is 8.89. The Morgan fingerprint density at radius 1 is 1.21 bits per heavy atom. The first-order chi connectivity index (χ1) is 11.7. The van der Waals surface area contributed by atoms with Gasteiger partial charge in [-0.15, -0.1) is 11.3 Å². The summed E-state index contributed by atoms with van der Waals surface area (Å²) in [6.45, 7) is 3.67. The van der Waals surface area contributed by atoms with E-state index in [9.17, 15) is 0 Å². The molecule has 3 aromatic rings. The monoisotopic (exact) mass is 342 g/mol. The summed E-state index contributed by atoms with van der Waals surface area (Å²) in [6.07, 6.45) is 3.64. The number of nitrogens with zero attached hydrogens (tertiary/aromatic N) is 2. The zero-order chi connectivity index (χ0) is 16.8. The molecule has 0 aliphatic carbocycles. The Hall–Kier alpha value is -2.34. The molecule has 1 aromatic carbocycles. The minimum atomic E-state index is 0.774. The summed E-state index contributed by atoms with van der Waals surface area (Å²) in [6, 6.07) is 10.2. The number of guanidine groups is 1. The van der Waals surface area contributed by atoms with Crippen LogP contribution >= 0.6 is 11.3 Å². The van der Waals surface area contributed by atoms with Crippen LogP contribution in [0, 0.1) is 6.92 Å². The van der Waals surface area contributed by atoms with Crippen molar-refractivity contribution in [3.8, 4) is 0 Å². The molecule has 0 amide bonds. The van der Waals surface area contributed by atoms with Crippen LogP contribution in [-0.2, 0) is 12.8 Å². The molecule has 0 aliphatic rings. The minimum Gasteiger partial charge on any atom is -0.461 e. The number of hydrogen-bond donors (Lipinski definition) is 2. The van der Waals surface area contributed by atoms with Gasteiger partial charge in [0.2, 0.25) is 0 Å². The summed E-state index contributed by atoms with van der Waals surface area (Å²) >= 11 is 1.74. The largest absolute Gasteiger partial charge is 0.461 e. The highest BCUT2D eigenvalue weighted by Gasteiger charge is 2.04. The van der Waals surface area contributed by atoms with Crippen molar-refractivity contribution in [2.75, 3.05) is 20.1 Å². The predicted octanol–water partition coefficient (Wildman–Crippen LogP) is 3.15. The van der Waals surface area contributed by atoms with E-state index in [-0.39, 0.29) is 0 Å². The van der Waals surface area contributed by atoms with Gasteiger partial charge in [0.25, 0.3) is 0 Å². The first-order valence-electron chi connectivity index (χ1n) is 8.08. The number of benzene rings is 1. The van der Waals surface area contributed by atoms with E-state index in [2.05, 4.69) is 39.7 Å². The summed E-state index contributed by atoms with van der Waals surface area (Å²) in [5.41, 5.74) is 0.939. The van der Waals surface area contributed by atoms with Crippen molar-refractivity contribution in [1.29, 1.82) is 0 Å². The Balaban J connectivity index is 1.42. The smallest absolute Gasteiger partial charge is 0.191 e. The highest BCUT2D eigenvalue weighted by molar-refractivity contribution is 7.11. The van der Waals surface area contributed by atoms with Crippen LogP contribution in [-0.4, -0.2) is 31.1 Å². The summed E-state index contributed by atoms with van der Waals surface area (Å²) in [5, 5.41) is 8.93. The van der Waals surface area contributed by atoms with Gasteiger partial charge >= 0.3 is 0 Å². The average molecular weight is 342 g/mol. The molecule has 0 unspecified atom stereocenters. The van der Waals surface area contributed by atoms with E-state index in [4.69, 9.17) is 4.42 Å². The van der Waals surface area contributed by atoms with Crippen LogP contribution in [0.3, 0.4) is 0 Å². The van der Waals surface area contributed by atoms with Crippen molar-refractivity contribution in [1.82, 2.24) is 15.6 Å². The number of fused-ring (bicyclic) bond motifs is 1. The van der Waals surface area contributed by atoms with Crippen LogP contribution in [0.1, 0.15) is 15.6 Å². The number of aliphatic imine (C=N–C) groups is 1. The highest BCUT2D eigenvalue weighted by atomic mass is 32.1. The lowest BCUT2D eigenvalue weighted by atomic mass is 10.2. The van der Waals surface area contributed by atoms with Gasteiger partial charge < -0.3 is 15.1 Å². The second-order valence-corrected chi connectivity index (χ2v) is 6.86. The van der Waals surface area contributed by atoms with Gasteiger partial charge in [-0.25, -0.2) is 4.98 Å². The first kappa shape index (κ1) is 16.5. The number of aromatic nitrogens is 1. The third kappa shape index (κ3) is 4.35. The molecule has 5 nitrogen and oxygen atoms in total. The van der Waals surface area contributed by atoms with Gasteiger partial charge in [-0.05, 0) is 19.1 Å². The fourth-order valence-corrected chi connectivity index (χ4v) is 3.28. The van der Waals surface area contributed by atoms with Gasteiger partial charge in [0.15, 0.2) is 5.96 Å². The normalized spacial score (nSPS) is 11.8. The lowest BCUT2D eigenvalue weighted by Crippen LogP contribution is -2.39. The quantitative estimate of drug-likeness (QED) is 0.534. The summed E-state index contributed by atoms with van der Waals surface area (Å²) in [7, 11) is 1.78. The fraction of sp³-hybridized carbons (Fsp3) is 0.333. The van der Waals surface area contributed by atoms with Gasteiger partial charge in [0.1, 0.15) is 11.3 Å². The van der Waals surface area contributed by atoms with Crippen LogP contribution in [0.5, 0.6) is 0 Å². The third-order valence-corrected chi connectivity index (χ3v) is 4.64. The van der Waals surface area contributed by atoms with Crippen molar-refractivity contribution in [3.63, 3.8) is 0 Å². The van der Waals surface area contributed by atoms with E-state index in [1.807, 2.05) is 24.4 Å². The van der Waals surface area contributed by atoms with Crippen molar-refractivity contribution in [2.45, 2.75) is 19.8 Å². The Labute approximate surface area is 145 Å². The van der Waals surface area contributed by atoms with E-state index in [0.29, 0.717) is 0 Å². The molecule has 0 spiro atoms. The van der Waals surface area contributed by atoms with Crippen LogP contribution in [0.25, 0.3) is 11.0 Å². The molecule has 2 N–H and O–H groups in total. The van der Waals surface area contributed by atoms with E-state index in [1.165, 1.54) is 4.88 Å². The molecule has 0 saturated heterocycles. The summed E-state index contributed by atoms with van der Waals surface area (Å²) in [4.78, 5) is 9.86. The maximum atomic E-state index is 5.82. The minimum absolute atomic E-state index is 0.774. The van der Waals surface area contributed by atoms with Gasteiger partial charge in [0, 0.05) is 49.4 Å². The molecule has 0 fully saturated rings. The van der Waals surface area contributed by atoms with Gasteiger partial charge in [0.05, 0.1) is 5.01 Å². The number of hydrogen-bond acceptors (Lipinski definition) is 4. The molecule has 0 aliphatic heterocycles. The molecular formula is C18H22N4OS. The zero-order valence-corrected chi connectivity index (χ0v) is 14.8. The van der Waals surface area contributed by atoms with E-state index in [1.54, 1.807) is 18.4 Å². The maximum absolute atomic E-state index is 5.82. The van der Waals surface area contributed by atoms with Crippen LogP contribution in [0.4, 0.5) is 0 Å². The van der Waals surface area contributed by atoms with Gasteiger partial charge in [-0.3, -0.25) is 4.99 Å². The molecule has 24 heavy (non-hydrogen) atoms. The van der Waals surface area contributed by atoms with Crippen LogP contribution in [0.2, 0.25) is 0 Å². The van der Waals surface area contributed by atoms with E-state index >= 15 is 0 Å². The Kier molecular flexibility index (Phi) is 5.48. The fourth-order valence-electron chi connectivity index (χ4n) is 2.49. The Bertz CT molecular complexity index is 788. The molecule has 0 saturated carbocycles. The second-order valence-electron chi connectivity index (χ2n) is 5.54. The number of furan rings is 1. The Morgan fingerprint density at radius 2 is 2.00 bits per heavy atom. The zero-order valence-electron chi connectivity index (χ0n) is 14.0. The van der Waals surface area contributed by atoms with Crippen molar-refractivity contribution < 1.29 is 4.42 Å². The Morgan fingerprint density at radius 3 is 2.71 bits per heavy atom. The van der Waals surface area contributed by atoms with Gasteiger partial charge in [-0.2, -0.15) is 0 Å². The molecule has 126 valence electrons. The van der Waals surface area contributed by atoms with Crippen LogP contribution < -0.4 is 10.6 Å². The second kappa shape index (κ2) is 7.97. The number of rotatable bonds is 6. The number of para-hydroxylation sites is 1. The lowest BCUT2D eigenvalue weighted by Gasteiger charge is -2.10. The maximum Gasteiger partial charge on any atom is 0.191 e. The SMILES string of the molecule is CN=C(NCCc1cc2ccccc2o1)NCCc1ncc(C)s1. The molecular weight excluding hydrogens is 320 g/mol. The summed E-state index contributed by atoms with van der Waals surface area (Å²) < 4.78 is 5.82. The summed E-state index contributed by atoms with van der Waals surface area (Å²) in [5.74, 6) is 1.79. The van der Waals surface area contributed by atoms with Crippen molar-refractivity contribution >= 4 is 28.3 Å². The molecule has 2 heterocycles. The topological polar surface area (TPSA) is 62.5 Å². The number of aryl methyl sites for hydroxylation is 1. The molecule has 6 heteroatoms. The standard InChI is InChI=1S/C18H22N4OS/c1-13-12-22-17(24-13)8-10-21-18(19-2)20-9-7-15-11-14-5-3-4-6-16(14)23-15/h3-6,11-12H,7-10H2,1-2H3,(H2,19,20,21). The van der Waals surface area contributed by atoms with Crippen molar-refractivity contribution in [2.24, 2.45) is 4.99 Å². The van der Waals surface area contributed by atoms with Crippen molar-refractivity contribution in [3.05, 3.63) is 52.2 Å². The van der Waals surface area contributed by atoms with E-state index < -0.39 is 0 Å². The number of nitrogens with one attached hydrogen (secondary N) is 2. The molecule has 3 rings (SSSR count).